The Balaban J connectivity index is 1.71. The highest BCUT2D eigenvalue weighted by atomic mass is 32.2. The first-order chi connectivity index (χ1) is 13.1. The number of nitrogens with zero attached hydrogens (tertiary/aromatic N) is 7. The molecule has 136 valence electrons. The monoisotopic (exact) mass is 378 g/mol. The minimum atomic E-state index is -0.340. The third kappa shape index (κ3) is 2.96. The van der Waals surface area contributed by atoms with E-state index in [-0.39, 0.29) is 5.54 Å². The molecule has 1 saturated heterocycles. The Morgan fingerprint density at radius 2 is 2.15 bits per heavy atom. The number of H-pyrrole nitrogens is 1. The first-order valence-electron chi connectivity index (χ1n) is 8.45. The molecule has 4 rings (SSSR count). The lowest BCUT2D eigenvalue weighted by atomic mass is 9.89. The van der Waals surface area contributed by atoms with Gasteiger partial charge in [0.15, 0.2) is 0 Å². The van der Waals surface area contributed by atoms with Crippen LogP contribution in [0.1, 0.15) is 12.0 Å². The zero-order chi connectivity index (χ0) is 19.0. The molecule has 1 fully saturated rings. The van der Waals surface area contributed by atoms with Gasteiger partial charge in [-0.25, -0.2) is 13.6 Å². The molecular formula is C18H18N8S. The van der Waals surface area contributed by atoms with Crippen molar-refractivity contribution in [2.75, 3.05) is 27.2 Å². The van der Waals surface area contributed by atoms with Gasteiger partial charge in [-0.15, -0.1) is 0 Å². The summed E-state index contributed by atoms with van der Waals surface area (Å²) in [6, 6.07) is 6.44. The molecule has 0 spiro atoms. The van der Waals surface area contributed by atoms with Crippen molar-refractivity contribution in [1.82, 2.24) is 28.4 Å². The molecule has 0 aromatic carbocycles. The summed E-state index contributed by atoms with van der Waals surface area (Å²) < 4.78 is 6.12. The molecular weight excluding hydrogens is 360 g/mol. The van der Waals surface area contributed by atoms with E-state index in [0.29, 0.717) is 12.0 Å². The van der Waals surface area contributed by atoms with Gasteiger partial charge in [0.1, 0.15) is 17.3 Å². The van der Waals surface area contributed by atoms with Gasteiger partial charge < -0.3 is 4.98 Å². The molecule has 27 heavy (non-hydrogen) atoms. The van der Waals surface area contributed by atoms with E-state index in [9.17, 15) is 10.5 Å². The standard InChI is InChI=1S/C18H18N8S/c1-24(2)27-25-11-18(12-25,4-5-19)26-10-14(9-23-26)16-13(7-20)8-22-17-15(16)3-6-21-17/h3,6,8-10H,4,11-12H2,1-2H3,(H,21,22). The van der Waals surface area contributed by atoms with E-state index in [4.69, 9.17) is 0 Å². The van der Waals surface area contributed by atoms with E-state index in [1.54, 1.807) is 24.5 Å². The largest absolute Gasteiger partial charge is 0.346 e. The van der Waals surface area contributed by atoms with E-state index in [2.05, 4.69) is 31.5 Å². The van der Waals surface area contributed by atoms with Crippen molar-refractivity contribution < 1.29 is 0 Å². The predicted molar refractivity (Wildman–Crippen MR) is 103 cm³/mol. The molecule has 1 aliphatic heterocycles. The maximum Gasteiger partial charge on any atom is 0.137 e. The van der Waals surface area contributed by atoms with Gasteiger partial charge in [-0.1, -0.05) is 0 Å². The first kappa shape index (κ1) is 17.6. The van der Waals surface area contributed by atoms with Crippen LogP contribution < -0.4 is 0 Å². The number of rotatable bonds is 5. The van der Waals surface area contributed by atoms with E-state index in [1.807, 2.05) is 41.5 Å². The molecule has 0 unspecified atom stereocenters. The number of pyridine rings is 1. The molecule has 0 amide bonds. The third-order valence-electron chi connectivity index (χ3n) is 4.69. The van der Waals surface area contributed by atoms with Crippen LogP contribution in [0.3, 0.4) is 0 Å². The van der Waals surface area contributed by atoms with Gasteiger partial charge in [0.05, 0.1) is 24.3 Å². The Bertz CT molecular complexity index is 1060. The summed E-state index contributed by atoms with van der Waals surface area (Å²) in [5.74, 6) is 0. The van der Waals surface area contributed by atoms with Gasteiger partial charge in [0.2, 0.25) is 0 Å². The topological polar surface area (TPSA) is 101 Å². The normalized spacial score (nSPS) is 16.2. The summed E-state index contributed by atoms with van der Waals surface area (Å²) in [5.41, 5.74) is 2.58. The number of aromatic amines is 1. The number of fused-ring (bicyclic) bond motifs is 1. The van der Waals surface area contributed by atoms with Crippen molar-refractivity contribution in [3.8, 4) is 23.3 Å². The van der Waals surface area contributed by atoms with Crippen LogP contribution in [0.25, 0.3) is 22.2 Å². The Hall–Kier alpha value is -2.85. The molecule has 0 saturated carbocycles. The molecule has 0 aliphatic carbocycles. The summed E-state index contributed by atoms with van der Waals surface area (Å²) in [6.07, 6.45) is 7.49. The number of aromatic nitrogens is 4. The van der Waals surface area contributed by atoms with Crippen molar-refractivity contribution in [3.63, 3.8) is 0 Å². The Kier molecular flexibility index (Phi) is 4.36. The maximum atomic E-state index is 9.52. The molecule has 8 nitrogen and oxygen atoms in total. The van der Waals surface area contributed by atoms with E-state index in [0.717, 1.165) is 35.2 Å². The van der Waals surface area contributed by atoms with Crippen LogP contribution in [-0.4, -0.2) is 55.5 Å². The Morgan fingerprint density at radius 1 is 1.33 bits per heavy atom. The average Bonchev–Trinajstić information content (AvgIpc) is 3.27. The van der Waals surface area contributed by atoms with Crippen molar-refractivity contribution in [2.45, 2.75) is 12.0 Å². The smallest absolute Gasteiger partial charge is 0.137 e. The molecule has 1 aliphatic rings. The summed E-state index contributed by atoms with van der Waals surface area (Å²) >= 11 is 1.64. The Morgan fingerprint density at radius 3 is 2.85 bits per heavy atom. The molecule has 3 aromatic rings. The van der Waals surface area contributed by atoms with E-state index < -0.39 is 0 Å². The SMILES string of the molecule is CN(C)SN1CC(CC#N)(n2cc(-c3c(C#N)cnc4[nH]ccc34)cn2)C1. The predicted octanol–water partition coefficient (Wildman–Crippen LogP) is 2.35. The van der Waals surface area contributed by atoms with Crippen LogP contribution in [0.4, 0.5) is 0 Å². The fraction of sp³-hybridized carbons (Fsp3) is 0.333. The van der Waals surface area contributed by atoms with Gasteiger partial charge in [-0.2, -0.15) is 15.6 Å². The van der Waals surface area contributed by atoms with Gasteiger partial charge in [0, 0.05) is 60.3 Å². The first-order valence-corrected chi connectivity index (χ1v) is 9.18. The fourth-order valence-corrected chi connectivity index (χ4v) is 4.56. The van der Waals surface area contributed by atoms with Crippen LogP contribution >= 0.6 is 12.1 Å². The minimum Gasteiger partial charge on any atom is -0.346 e. The quantitative estimate of drug-likeness (QED) is 0.680. The molecule has 9 heteroatoms. The van der Waals surface area contributed by atoms with Gasteiger partial charge >= 0.3 is 0 Å². The van der Waals surface area contributed by atoms with Crippen molar-refractivity contribution in [3.05, 3.63) is 36.4 Å². The highest BCUT2D eigenvalue weighted by molar-refractivity contribution is 7.94. The van der Waals surface area contributed by atoms with Crippen LogP contribution in [0.5, 0.6) is 0 Å². The zero-order valence-corrected chi connectivity index (χ0v) is 15.9. The van der Waals surface area contributed by atoms with Crippen LogP contribution in [0.2, 0.25) is 0 Å². The highest BCUT2D eigenvalue weighted by Crippen LogP contribution is 2.38. The molecule has 0 atom stereocenters. The lowest BCUT2D eigenvalue weighted by Crippen LogP contribution is -2.60. The molecule has 4 heterocycles. The zero-order valence-electron chi connectivity index (χ0n) is 15.0. The summed E-state index contributed by atoms with van der Waals surface area (Å²) in [5, 5.41) is 24.3. The highest BCUT2D eigenvalue weighted by Gasteiger charge is 2.46. The third-order valence-corrected chi connectivity index (χ3v) is 5.51. The fourth-order valence-electron chi connectivity index (χ4n) is 3.50. The van der Waals surface area contributed by atoms with Gasteiger partial charge in [0.25, 0.3) is 0 Å². The van der Waals surface area contributed by atoms with Gasteiger partial charge in [-0.05, 0) is 20.2 Å². The summed E-state index contributed by atoms with van der Waals surface area (Å²) in [4.78, 5) is 7.37. The van der Waals surface area contributed by atoms with E-state index in [1.165, 1.54) is 0 Å². The van der Waals surface area contributed by atoms with Crippen LogP contribution in [0, 0.1) is 22.7 Å². The number of hydrogen-bond donors (Lipinski definition) is 1. The number of hydrogen-bond acceptors (Lipinski definition) is 7. The summed E-state index contributed by atoms with van der Waals surface area (Å²) in [6.45, 7) is 1.48. The minimum absolute atomic E-state index is 0.340. The molecule has 0 bridgehead atoms. The second-order valence-electron chi connectivity index (χ2n) is 6.82. The van der Waals surface area contributed by atoms with Crippen molar-refractivity contribution in [2.24, 2.45) is 0 Å². The van der Waals surface area contributed by atoms with Crippen molar-refractivity contribution in [1.29, 1.82) is 10.5 Å². The second kappa shape index (κ2) is 6.71. The van der Waals surface area contributed by atoms with Crippen LogP contribution in [0.15, 0.2) is 30.9 Å². The Labute approximate surface area is 161 Å². The molecule has 0 radical (unpaired) electrons. The maximum absolute atomic E-state index is 9.52. The van der Waals surface area contributed by atoms with Gasteiger partial charge in [-0.3, -0.25) is 4.68 Å². The second-order valence-corrected chi connectivity index (χ2v) is 8.23. The number of nitriles is 2. The van der Waals surface area contributed by atoms with Crippen LogP contribution in [-0.2, 0) is 5.54 Å². The van der Waals surface area contributed by atoms with E-state index >= 15 is 0 Å². The number of nitrogens with one attached hydrogen (secondary N) is 1. The average molecular weight is 378 g/mol. The van der Waals surface area contributed by atoms with Crippen molar-refractivity contribution >= 4 is 23.2 Å². The lowest BCUT2D eigenvalue weighted by molar-refractivity contribution is 0.0787. The lowest BCUT2D eigenvalue weighted by Gasteiger charge is -2.48. The molecule has 1 N–H and O–H groups in total. The molecule has 3 aromatic heterocycles. The summed E-state index contributed by atoms with van der Waals surface area (Å²) in [7, 11) is 3.99.